The zero-order valence-corrected chi connectivity index (χ0v) is 11.8. The molecule has 2 unspecified atom stereocenters. The van der Waals surface area contributed by atoms with Crippen LogP contribution in [0.25, 0.3) is 0 Å². The number of carbonyl (C=O) groups excluding carboxylic acids is 1. The van der Waals surface area contributed by atoms with E-state index >= 15 is 0 Å². The van der Waals surface area contributed by atoms with Crippen LogP contribution in [0.2, 0.25) is 0 Å². The molecule has 0 aromatic heterocycles. The Bertz CT molecular complexity index is 456. The van der Waals surface area contributed by atoms with Crippen LogP contribution in [0.15, 0.2) is 18.2 Å². The molecule has 1 fully saturated rings. The predicted octanol–water partition coefficient (Wildman–Crippen LogP) is 2.27. The molecule has 1 amide bonds. The first-order valence-electron chi connectivity index (χ1n) is 7.10. The lowest BCUT2D eigenvalue weighted by molar-refractivity contribution is -0.122. The predicted molar refractivity (Wildman–Crippen MR) is 76.0 cm³/mol. The van der Waals surface area contributed by atoms with E-state index in [9.17, 15) is 9.90 Å². The molecule has 2 N–H and O–H groups in total. The molecule has 1 saturated carbocycles. The summed E-state index contributed by atoms with van der Waals surface area (Å²) in [7, 11) is 0. The van der Waals surface area contributed by atoms with Crippen LogP contribution in [0, 0.1) is 13.8 Å². The van der Waals surface area contributed by atoms with Crippen molar-refractivity contribution in [3.63, 3.8) is 0 Å². The van der Waals surface area contributed by atoms with Crippen LogP contribution in [0.1, 0.15) is 42.4 Å². The Morgan fingerprint density at radius 3 is 2.79 bits per heavy atom. The summed E-state index contributed by atoms with van der Waals surface area (Å²) in [4.78, 5) is 12.1. The van der Waals surface area contributed by atoms with Crippen LogP contribution in [-0.2, 0) is 11.2 Å². The average Bonchev–Trinajstić information content (AvgIpc) is 2.37. The molecular weight excluding hydrogens is 238 g/mol. The maximum absolute atomic E-state index is 12.1. The Labute approximate surface area is 115 Å². The highest BCUT2D eigenvalue weighted by Gasteiger charge is 2.24. The minimum absolute atomic E-state index is 0.0136. The SMILES string of the molecule is Cc1ccc(C)c(CC(=O)NC2CCCCC2O)c1. The van der Waals surface area contributed by atoms with E-state index in [1.54, 1.807) is 0 Å². The van der Waals surface area contributed by atoms with E-state index in [-0.39, 0.29) is 18.1 Å². The topological polar surface area (TPSA) is 49.3 Å². The molecular formula is C16H23NO2. The van der Waals surface area contributed by atoms with Crippen LogP contribution < -0.4 is 5.32 Å². The minimum atomic E-state index is -0.378. The van der Waals surface area contributed by atoms with E-state index in [0.717, 1.165) is 36.8 Å². The summed E-state index contributed by atoms with van der Waals surface area (Å²) in [6.45, 7) is 4.06. The summed E-state index contributed by atoms with van der Waals surface area (Å²) >= 11 is 0. The number of rotatable bonds is 3. The van der Waals surface area contributed by atoms with Gasteiger partial charge in [0.05, 0.1) is 18.6 Å². The van der Waals surface area contributed by atoms with Crippen molar-refractivity contribution in [2.24, 2.45) is 0 Å². The smallest absolute Gasteiger partial charge is 0.224 e. The monoisotopic (exact) mass is 261 g/mol. The zero-order valence-electron chi connectivity index (χ0n) is 11.8. The largest absolute Gasteiger partial charge is 0.391 e. The van der Waals surface area contributed by atoms with Crippen LogP contribution >= 0.6 is 0 Å². The normalized spacial score (nSPS) is 23.1. The van der Waals surface area contributed by atoms with Crippen molar-refractivity contribution in [1.82, 2.24) is 5.32 Å². The maximum atomic E-state index is 12.1. The number of hydrogen-bond donors (Lipinski definition) is 2. The van der Waals surface area contributed by atoms with Gasteiger partial charge in [-0.2, -0.15) is 0 Å². The molecule has 3 nitrogen and oxygen atoms in total. The molecule has 104 valence electrons. The van der Waals surface area contributed by atoms with Crippen LogP contribution in [0.5, 0.6) is 0 Å². The van der Waals surface area contributed by atoms with E-state index in [1.807, 2.05) is 19.9 Å². The van der Waals surface area contributed by atoms with Crippen molar-refractivity contribution in [2.75, 3.05) is 0 Å². The number of hydrogen-bond acceptors (Lipinski definition) is 2. The van der Waals surface area contributed by atoms with Gasteiger partial charge in [-0.15, -0.1) is 0 Å². The van der Waals surface area contributed by atoms with E-state index in [2.05, 4.69) is 17.4 Å². The van der Waals surface area contributed by atoms with Gasteiger partial charge in [-0.25, -0.2) is 0 Å². The van der Waals surface area contributed by atoms with Gasteiger partial charge < -0.3 is 10.4 Å². The van der Waals surface area contributed by atoms with Gasteiger partial charge in [0.2, 0.25) is 5.91 Å². The van der Waals surface area contributed by atoms with Gasteiger partial charge in [-0.05, 0) is 37.8 Å². The molecule has 1 aliphatic rings. The van der Waals surface area contributed by atoms with Gasteiger partial charge in [0.25, 0.3) is 0 Å². The number of benzene rings is 1. The first-order chi connectivity index (χ1) is 9.06. The second kappa shape index (κ2) is 6.20. The number of aliphatic hydroxyl groups excluding tert-OH is 1. The molecule has 3 heteroatoms. The number of aliphatic hydroxyl groups is 1. The Morgan fingerprint density at radius 2 is 2.05 bits per heavy atom. The molecule has 0 aliphatic heterocycles. The molecule has 19 heavy (non-hydrogen) atoms. The highest BCUT2D eigenvalue weighted by atomic mass is 16.3. The van der Waals surface area contributed by atoms with Gasteiger partial charge >= 0.3 is 0 Å². The number of nitrogens with one attached hydrogen (secondary N) is 1. The van der Waals surface area contributed by atoms with Gasteiger partial charge in [0.15, 0.2) is 0 Å². The summed E-state index contributed by atoms with van der Waals surface area (Å²) in [5, 5.41) is 12.8. The molecule has 0 spiro atoms. The standard InChI is InChI=1S/C16H23NO2/c1-11-7-8-12(2)13(9-11)10-16(19)17-14-5-3-4-6-15(14)18/h7-9,14-15,18H,3-6,10H2,1-2H3,(H,17,19). The summed E-state index contributed by atoms with van der Waals surface area (Å²) < 4.78 is 0. The first-order valence-corrected chi connectivity index (χ1v) is 7.10. The Hall–Kier alpha value is -1.35. The summed E-state index contributed by atoms with van der Waals surface area (Å²) in [5.74, 6) is 0.0136. The van der Waals surface area contributed by atoms with E-state index in [0.29, 0.717) is 6.42 Å². The molecule has 0 bridgehead atoms. The minimum Gasteiger partial charge on any atom is -0.391 e. The second-order valence-electron chi connectivity index (χ2n) is 5.63. The number of aryl methyl sites for hydroxylation is 2. The van der Waals surface area contributed by atoms with Crippen molar-refractivity contribution >= 4 is 5.91 Å². The number of amides is 1. The van der Waals surface area contributed by atoms with Crippen molar-refractivity contribution in [3.8, 4) is 0 Å². The summed E-state index contributed by atoms with van der Waals surface area (Å²) in [6.07, 6.45) is 3.86. The average molecular weight is 261 g/mol. The lowest BCUT2D eigenvalue weighted by Crippen LogP contribution is -2.45. The highest BCUT2D eigenvalue weighted by molar-refractivity contribution is 5.79. The van der Waals surface area contributed by atoms with Crippen molar-refractivity contribution in [2.45, 2.75) is 58.1 Å². The molecule has 1 aliphatic carbocycles. The first kappa shape index (κ1) is 14.1. The third-order valence-electron chi connectivity index (χ3n) is 3.93. The third-order valence-corrected chi connectivity index (χ3v) is 3.93. The van der Waals surface area contributed by atoms with Crippen LogP contribution in [0.4, 0.5) is 0 Å². The van der Waals surface area contributed by atoms with E-state index in [4.69, 9.17) is 0 Å². The Morgan fingerprint density at radius 1 is 1.32 bits per heavy atom. The second-order valence-corrected chi connectivity index (χ2v) is 5.63. The molecule has 1 aromatic rings. The molecule has 1 aromatic carbocycles. The van der Waals surface area contributed by atoms with Crippen LogP contribution in [0.3, 0.4) is 0 Å². The van der Waals surface area contributed by atoms with Gasteiger partial charge in [0, 0.05) is 0 Å². The molecule has 0 radical (unpaired) electrons. The number of carbonyl (C=O) groups is 1. The van der Waals surface area contributed by atoms with Crippen molar-refractivity contribution in [1.29, 1.82) is 0 Å². The summed E-state index contributed by atoms with van der Waals surface area (Å²) in [5.41, 5.74) is 3.39. The fourth-order valence-corrected chi connectivity index (χ4v) is 2.70. The fourth-order valence-electron chi connectivity index (χ4n) is 2.70. The van der Waals surface area contributed by atoms with E-state index < -0.39 is 0 Å². The molecule has 0 saturated heterocycles. The Balaban J connectivity index is 1.95. The van der Waals surface area contributed by atoms with Crippen molar-refractivity contribution in [3.05, 3.63) is 34.9 Å². The van der Waals surface area contributed by atoms with Gasteiger partial charge in [0.1, 0.15) is 0 Å². The van der Waals surface area contributed by atoms with Crippen LogP contribution in [-0.4, -0.2) is 23.2 Å². The quantitative estimate of drug-likeness (QED) is 0.877. The van der Waals surface area contributed by atoms with Gasteiger partial charge in [-0.1, -0.05) is 36.6 Å². The van der Waals surface area contributed by atoms with Gasteiger partial charge in [-0.3, -0.25) is 4.79 Å². The van der Waals surface area contributed by atoms with Crippen molar-refractivity contribution < 1.29 is 9.90 Å². The molecule has 2 rings (SSSR count). The third kappa shape index (κ3) is 3.80. The Kier molecular flexibility index (Phi) is 4.59. The lowest BCUT2D eigenvalue weighted by Gasteiger charge is -2.28. The van der Waals surface area contributed by atoms with E-state index in [1.165, 1.54) is 5.56 Å². The fraction of sp³-hybridized carbons (Fsp3) is 0.562. The highest BCUT2D eigenvalue weighted by Crippen LogP contribution is 2.18. The molecule has 2 atom stereocenters. The maximum Gasteiger partial charge on any atom is 0.224 e. The summed E-state index contributed by atoms with van der Waals surface area (Å²) in [6, 6.07) is 6.10. The lowest BCUT2D eigenvalue weighted by atomic mass is 9.92. The zero-order chi connectivity index (χ0) is 13.8. The molecule has 0 heterocycles.